The van der Waals surface area contributed by atoms with Crippen molar-refractivity contribution >= 4 is 28.7 Å². The maximum atomic E-state index is 12.6. The standard InChI is InChI=1S/C18H12F3N3O2S/c19-18(20,21)13-4-3-5-14(11-13)26-9-2-1-8-22-17(25)12-6-7-15-16(10-12)24-27-23-15/h3-7,10-11H,8-9H2,(H,22,25). The van der Waals surface area contributed by atoms with Crippen LogP contribution in [-0.4, -0.2) is 27.8 Å². The van der Waals surface area contributed by atoms with E-state index in [1.807, 2.05) is 0 Å². The Morgan fingerprint density at radius 2 is 1.93 bits per heavy atom. The number of benzene rings is 2. The van der Waals surface area contributed by atoms with Gasteiger partial charge in [-0.15, -0.1) is 0 Å². The first-order valence-electron chi connectivity index (χ1n) is 7.70. The van der Waals surface area contributed by atoms with Crippen LogP contribution < -0.4 is 10.1 Å². The van der Waals surface area contributed by atoms with Crippen molar-refractivity contribution in [2.45, 2.75) is 6.18 Å². The Morgan fingerprint density at radius 3 is 2.74 bits per heavy atom. The molecule has 1 N–H and O–H groups in total. The molecule has 0 unspecified atom stereocenters. The number of aromatic nitrogens is 2. The lowest BCUT2D eigenvalue weighted by atomic mass is 10.2. The molecular weight excluding hydrogens is 379 g/mol. The number of hydrogen-bond acceptors (Lipinski definition) is 5. The number of carbonyl (C=O) groups excluding carboxylic acids is 1. The summed E-state index contributed by atoms with van der Waals surface area (Å²) in [5.41, 5.74) is 1.03. The summed E-state index contributed by atoms with van der Waals surface area (Å²) >= 11 is 1.07. The van der Waals surface area contributed by atoms with Crippen LogP contribution in [0.25, 0.3) is 11.0 Å². The zero-order chi connectivity index (χ0) is 19.3. The van der Waals surface area contributed by atoms with Crippen LogP contribution in [0.1, 0.15) is 15.9 Å². The van der Waals surface area contributed by atoms with Crippen LogP contribution in [0.3, 0.4) is 0 Å². The molecule has 3 aromatic rings. The van der Waals surface area contributed by atoms with Crippen molar-refractivity contribution in [3.8, 4) is 17.6 Å². The molecule has 9 heteroatoms. The van der Waals surface area contributed by atoms with E-state index < -0.39 is 11.7 Å². The third-order valence-electron chi connectivity index (χ3n) is 3.45. The summed E-state index contributed by atoms with van der Waals surface area (Å²) in [5.74, 6) is 5.08. The van der Waals surface area contributed by atoms with Gasteiger partial charge in [0.05, 0.1) is 23.8 Å². The van der Waals surface area contributed by atoms with E-state index in [4.69, 9.17) is 4.74 Å². The lowest BCUT2D eigenvalue weighted by Crippen LogP contribution is -2.23. The SMILES string of the molecule is O=C(NCC#CCOc1cccc(C(F)(F)F)c1)c1ccc2nsnc2c1. The summed E-state index contributed by atoms with van der Waals surface area (Å²) in [7, 11) is 0. The molecule has 0 fully saturated rings. The van der Waals surface area contributed by atoms with Gasteiger partial charge in [0.2, 0.25) is 0 Å². The summed E-state index contributed by atoms with van der Waals surface area (Å²) in [4.78, 5) is 12.0. The lowest BCUT2D eigenvalue weighted by molar-refractivity contribution is -0.137. The van der Waals surface area contributed by atoms with Crippen molar-refractivity contribution in [3.63, 3.8) is 0 Å². The fourth-order valence-corrected chi connectivity index (χ4v) is 2.66. The normalized spacial score (nSPS) is 10.9. The van der Waals surface area contributed by atoms with Crippen molar-refractivity contribution < 1.29 is 22.7 Å². The van der Waals surface area contributed by atoms with Crippen molar-refractivity contribution in [2.24, 2.45) is 0 Å². The highest BCUT2D eigenvalue weighted by Gasteiger charge is 2.30. The Kier molecular flexibility index (Phi) is 5.57. The zero-order valence-corrected chi connectivity index (χ0v) is 14.5. The zero-order valence-electron chi connectivity index (χ0n) is 13.7. The number of halogens is 3. The highest BCUT2D eigenvalue weighted by Crippen LogP contribution is 2.31. The number of rotatable bonds is 4. The van der Waals surface area contributed by atoms with E-state index in [0.717, 1.165) is 29.4 Å². The number of amides is 1. The van der Waals surface area contributed by atoms with Gasteiger partial charge in [-0.05, 0) is 36.4 Å². The molecule has 0 saturated heterocycles. The molecule has 0 aliphatic rings. The van der Waals surface area contributed by atoms with E-state index in [-0.39, 0.29) is 24.8 Å². The van der Waals surface area contributed by atoms with E-state index in [9.17, 15) is 18.0 Å². The Morgan fingerprint density at radius 1 is 1.11 bits per heavy atom. The Hall–Kier alpha value is -3.12. The minimum atomic E-state index is -4.42. The van der Waals surface area contributed by atoms with E-state index >= 15 is 0 Å². The molecule has 1 amide bonds. The third kappa shape index (κ3) is 4.95. The molecule has 0 atom stereocenters. The fraction of sp³-hybridized carbons (Fsp3) is 0.167. The summed E-state index contributed by atoms with van der Waals surface area (Å²) < 4.78 is 51.1. The van der Waals surface area contributed by atoms with Gasteiger partial charge in [0, 0.05) is 5.56 Å². The van der Waals surface area contributed by atoms with Gasteiger partial charge in [-0.1, -0.05) is 17.9 Å². The molecule has 27 heavy (non-hydrogen) atoms. The van der Waals surface area contributed by atoms with E-state index in [2.05, 4.69) is 25.9 Å². The first-order chi connectivity index (χ1) is 12.9. The largest absolute Gasteiger partial charge is 0.481 e. The molecule has 3 rings (SSSR count). The van der Waals surface area contributed by atoms with Crippen molar-refractivity contribution in [3.05, 3.63) is 53.6 Å². The molecule has 0 aliphatic heterocycles. The van der Waals surface area contributed by atoms with Gasteiger partial charge in [-0.25, -0.2) is 0 Å². The first kappa shape index (κ1) is 18.7. The second-order valence-corrected chi connectivity index (χ2v) is 5.85. The number of ether oxygens (including phenoxy) is 1. The average Bonchev–Trinajstić information content (AvgIpc) is 3.11. The van der Waals surface area contributed by atoms with Crippen molar-refractivity contribution in [2.75, 3.05) is 13.2 Å². The molecular formula is C18H12F3N3O2S. The average molecular weight is 391 g/mol. The minimum absolute atomic E-state index is 0.0772. The van der Waals surface area contributed by atoms with Crippen LogP contribution in [0.4, 0.5) is 13.2 Å². The third-order valence-corrected chi connectivity index (χ3v) is 4.01. The van der Waals surface area contributed by atoms with E-state index in [0.29, 0.717) is 11.1 Å². The van der Waals surface area contributed by atoms with Crippen LogP contribution in [-0.2, 0) is 6.18 Å². The molecule has 0 spiro atoms. The number of fused-ring (bicyclic) bond motifs is 1. The van der Waals surface area contributed by atoms with E-state index in [1.54, 1.807) is 18.2 Å². The quantitative estimate of drug-likeness (QED) is 0.692. The van der Waals surface area contributed by atoms with Crippen molar-refractivity contribution in [1.29, 1.82) is 0 Å². The van der Waals surface area contributed by atoms with Gasteiger partial charge in [-0.3, -0.25) is 4.79 Å². The second kappa shape index (κ2) is 8.05. The second-order valence-electron chi connectivity index (χ2n) is 5.32. The monoisotopic (exact) mass is 391 g/mol. The van der Waals surface area contributed by atoms with Gasteiger partial charge >= 0.3 is 6.18 Å². The van der Waals surface area contributed by atoms with E-state index in [1.165, 1.54) is 12.1 Å². The molecule has 2 aromatic carbocycles. The van der Waals surface area contributed by atoms with Crippen LogP contribution >= 0.6 is 11.7 Å². The van der Waals surface area contributed by atoms with Gasteiger partial charge in [0.25, 0.3) is 5.91 Å². The molecule has 0 radical (unpaired) electrons. The number of nitrogens with zero attached hydrogens (tertiary/aromatic N) is 2. The molecule has 138 valence electrons. The molecule has 0 saturated carbocycles. The molecule has 1 aromatic heterocycles. The molecule has 0 aliphatic carbocycles. The molecule has 1 heterocycles. The van der Waals surface area contributed by atoms with Crippen LogP contribution in [0.5, 0.6) is 5.75 Å². The highest BCUT2D eigenvalue weighted by molar-refractivity contribution is 7.00. The van der Waals surface area contributed by atoms with Crippen LogP contribution in [0.15, 0.2) is 42.5 Å². The number of hydrogen-bond donors (Lipinski definition) is 1. The summed E-state index contributed by atoms with van der Waals surface area (Å²) in [6.07, 6.45) is -4.42. The van der Waals surface area contributed by atoms with Gasteiger partial charge in [-0.2, -0.15) is 21.9 Å². The maximum Gasteiger partial charge on any atom is 0.416 e. The van der Waals surface area contributed by atoms with Crippen molar-refractivity contribution in [1.82, 2.24) is 14.1 Å². The highest BCUT2D eigenvalue weighted by atomic mass is 32.1. The van der Waals surface area contributed by atoms with Crippen LogP contribution in [0.2, 0.25) is 0 Å². The maximum absolute atomic E-state index is 12.6. The predicted octanol–water partition coefficient (Wildman–Crippen LogP) is 3.52. The number of alkyl halides is 3. The smallest absolute Gasteiger partial charge is 0.416 e. The Bertz CT molecular complexity index is 1020. The van der Waals surface area contributed by atoms with Gasteiger partial charge in [0.15, 0.2) is 0 Å². The predicted molar refractivity (Wildman–Crippen MR) is 94.5 cm³/mol. The topological polar surface area (TPSA) is 64.1 Å². The van der Waals surface area contributed by atoms with Gasteiger partial charge < -0.3 is 10.1 Å². The number of nitrogens with one attached hydrogen (secondary N) is 1. The molecule has 0 bridgehead atoms. The Labute approximate surface area is 156 Å². The van der Waals surface area contributed by atoms with Crippen LogP contribution in [0, 0.1) is 11.8 Å². The molecule has 5 nitrogen and oxygen atoms in total. The first-order valence-corrected chi connectivity index (χ1v) is 8.43. The fourth-order valence-electron chi connectivity index (χ4n) is 2.15. The summed E-state index contributed by atoms with van der Waals surface area (Å²) in [5, 5.41) is 2.62. The lowest BCUT2D eigenvalue weighted by Gasteiger charge is -2.08. The number of carbonyl (C=O) groups is 1. The summed E-state index contributed by atoms with van der Waals surface area (Å²) in [6.45, 7) is -0.00816. The minimum Gasteiger partial charge on any atom is -0.481 e. The summed E-state index contributed by atoms with van der Waals surface area (Å²) in [6, 6.07) is 9.55. The Balaban J connectivity index is 1.47. The van der Waals surface area contributed by atoms with Gasteiger partial charge in [0.1, 0.15) is 23.4 Å².